The third-order valence-corrected chi connectivity index (χ3v) is 6.11. The Kier molecular flexibility index (Phi) is 9.83. The molecule has 5 nitrogen and oxygen atoms in total. The normalized spacial score (nSPS) is 14.3. The Hall–Kier alpha value is -1.88. The van der Waals surface area contributed by atoms with Crippen molar-refractivity contribution >= 4 is 18.2 Å². The molecule has 0 amide bonds. The van der Waals surface area contributed by atoms with Crippen molar-refractivity contribution in [1.29, 1.82) is 5.41 Å². The highest BCUT2D eigenvalue weighted by Gasteiger charge is 2.51. The van der Waals surface area contributed by atoms with Crippen LogP contribution in [-0.2, 0) is 11.8 Å². The van der Waals surface area contributed by atoms with E-state index in [1.165, 1.54) is 69.8 Å². The Bertz CT molecular complexity index is 785. The molecule has 3 N–H and O–H groups in total. The van der Waals surface area contributed by atoms with Gasteiger partial charge in [0.15, 0.2) is 5.82 Å². The van der Waals surface area contributed by atoms with Crippen LogP contribution < -0.4 is 5.73 Å². The minimum Gasteiger partial charge on any atom is -0.387 e. The second-order valence-electron chi connectivity index (χ2n) is 8.55. The first kappa shape index (κ1) is 24.4. The van der Waals surface area contributed by atoms with Crippen molar-refractivity contribution in [3.8, 4) is 11.5 Å². The second kappa shape index (κ2) is 12.1. The summed E-state index contributed by atoms with van der Waals surface area (Å²) in [6.07, 6.45) is 16.3. The smallest absolute Gasteiger partial charge is 0.257 e. The Morgan fingerprint density at radius 2 is 1.67 bits per heavy atom. The number of halogens is 1. The highest BCUT2D eigenvalue weighted by Crippen LogP contribution is 2.47. The van der Waals surface area contributed by atoms with Crippen molar-refractivity contribution in [3.63, 3.8) is 0 Å². The molecule has 166 valence electrons. The summed E-state index contributed by atoms with van der Waals surface area (Å²) in [5.74, 6) is 1.22. The van der Waals surface area contributed by atoms with Crippen molar-refractivity contribution < 1.29 is 4.52 Å². The van der Waals surface area contributed by atoms with Gasteiger partial charge < -0.3 is 10.3 Å². The van der Waals surface area contributed by atoms with Crippen LogP contribution in [0.25, 0.3) is 11.5 Å². The van der Waals surface area contributed by atoms with Crippen LogP contribution in [-0.4, -0.2) is 16.0 Å². The first-order valence-electron chi connectivity index (χ1n) is 11.4. The molecule has 0 unspecified atom stereocenters. The van der Waals surface area contributed by atoms with Gasteiger partial charge in [-0.2, -0.15) is 4.98 Å². The number of nitrogens with one attached hydrogen (secondary N) is 1. The summed E-state index contributed by atoms with van der Waals surface area (Å²) in [4.78, 5) is 4.54. The van der Waals surface area contributed by atoms with Crippen LogP contribution in [0.2, 0.25) is 0 Å². The van der Waals surface area contributed by atoms with Gasteiger partial charge in [0.2, 0.25) is 0 Å². The third-order valence-electron chi connectivity index (χ3n) is 6.11. The molecule has 6 heteroatoms. The number of rotatable bonds is 14. The molecule has 1 aliphatic carbocycles. The van der Waals surface area contributed by atoms with Crippen LogP contribution >= 0.6 is 12.4 Å². The maximum Gasteiger partial charge on any atom is 0.257 e. The second-order valence-corrected chi connectivity index (χ2v) is 8.55. The maximum absolute atomic E-state index is 7.78. The number of benzene rings is 1. The first-order valence-corrected chi connectivity index (χ1v) is 11.4. The van der Waals surface area contributed by atoms with E-state index in [2.05, 4.69) is 35.3 Å². The quantitative estimate of drug-likeness (QED) is 0.200. The Morgan fingerprint density at radius 1 is 1.03 bits per heavy atom. The Morgan fingerprint density at radius 3 is 2.27 bits per heavy atom. The highest BCUT2D eigenvalue weighted by atomic mass is 35.5. The van der Waals surface area contributed by atoms with E-state index in [0.29, 0.717) is 11.7 Å². The molecule has 1 saturated carbocycles. The van der Waals surface area contributed by atoms with E-state index in [4.69, 9.17) is 15.7 Å². The molecule has 30 heavy (non-hydrogen) atoms. The molecule has 0 aliphatic heterocycles. The van der Waals surface area contributed by atoms with Crippen molar-refractivity contribution in [1.82, 2.24) is 10.1 Å². The van der Waals surface area contributed by atoms with Crippen LogP contribution in [0.4, 0.5) is 0 Å². The molecule has 0 saturated heterocycles. The van der Waals surface area contributed by atoms with Gasteiger partial charge in [0.1, 0.15) is 5.84 Å². The molecule has 1 aromatic carbocycles. The van der Waals surface area contributed by atoms with Gasteiger partial charge in [-0.25, -0.2) is 0 Å². The molecule has 0 bridgehead atoms. The molecule has 3 rings (SSSR count). The predicted molar refractivity (Wildman–Crippen MR) is 125 cm³/mol. The van der Waals surface area contributed by atoms with Gasteiger partial charge >= 0.3 is 0 Å². The average molecular weight is 433 g/mol. The van der Waals surface area contributed by atoms with Crippen LogP contribution in [0.5, 0.6) is 0 Å². The van der Waals surface area contributed by atoms with E-state index in [9.17, 15) is 0 Å². The number of hydrogen-bond acceptors (Lipinski definition) is 4. The number of nitrogens with zero attached hydrogens (tertiary/aromatic N) is 2. The van der Waals surface area contributed by atoms with E-state index in [1.54, 1.807) is 0 Å². The Balaban J connectivity index is 0.00000320. The van der Waals surface area contributed by atoms with Crippen LogP contribution in [0.3, 0.4) is 0 Å². The summed E-state index contributed by atoms with van der Waals surface area (Å²) in [5, 5.41) is 11.9. The first-order chi connectivity index (χ1) is 14.2. The molecule has 1 fully saturated rings. The Labute approximate surface area is 187 Å². The molecule has 0 spiro atoms. The van der Waals surface area contributed by atoms with Gasteiger partial charge in [0.25, 0.3) is 5.89 Å². The monoisotopic (exact) mass is 432 g/mol. The lowest BCUT2D eigenvalue weighted by Crippen LogP contribution is -2.28. The number of amidine groups is 1. The van der Waals surface area contributed by atoms with Crippen molar-refractivity contribution in [2.75, 3.05) is 0 Å². The fourth-order valence-electron chi connectivity index (χ4n) is 3.95. The number of nitrogens with two attached hydrogens (primary N) is 1. The van der Waals surface area contributed by atoms with E-state index in [0.717, 1.165) is 24.8 Å². The fourth-order valence-corrected chi connectivity index (χ4v) is 3.95. The van der Waals surface area contributed by atoms with E-state index in [1.807, 2.05) is 6.07 Å². The fraction of sp³-hybridized carbons (Fsp3) is 0.625. The van der Waals surface area contributed by atoms with Crippen LogP contribution in [0.15, 0.2) is 28.8 Å². The highest BCUT2D eigenvalue weighted by molar-refractivity contribution is 5.91. The average Bonchev–Trinajstić information content (AvgIpc) is 3.40. The molecule has 0 radical (unpaired) electrons. The van der Waals surface area contributed by atoms with Crippen molar-refractivity contribution in [3.05, 3.63) is 35.7 Å². The lowest BCUT2D eigenvalue weighted by Gasteiger charge is -2.06. The molecular formula is C24H37ClN4O. The SMILES string of the molecule is CCCCCCCCCCCCc1cccc(-c2nc(C3(C(=N)N)CC3)no2)c1.Cl. The number of hydrogen-bond donors (Lipinski definition) is 2. The largest absolute Gasteiger partial charge is 0.387 e. The molecule has 2 aromatic rings. The van der Waals surface area contributed by atoms with E-state index in [-0.39, 0.29) is 18.2 Å². The van der Waals surface area contributed by atoms with Gasteiger partial charge in [0.05, 0.1) is 5.41 Å². The van der Waals surface area contributed by atoms with E-state index < -0.39 is 5.41 Å². The van der Waals surface area contributed by atoms with Crippen molar-refractivity contribution in [2.24, 2.45) is 5.73 Å². The maximum atomic E-state index is 7.78. The topological polar surface area (TPSA) is 88.8 Å². The minimum atomic E-state index is -0.477. The van der Waals surface area contributed by atoms with Crippen molar-refractivity contribution in [2.45, 2.75) is 95.8 Å². The summed E-state index contributed by atoms with van der Waals surface area (Å²) < 4.78 is 5.47. The van der Waals surface area contributed by atoms with Gasteiger partial charge in [0, 0.05) is 5.56 Å². The van der Waals surface area contributed by atoms with Gasteiger partial charge in [-0.1, -0.05) is 82.0 Å². The summed E-state index contributed by atoms with van der Waals surface area (Å²) in [6.45, 7) is 2.27. The van der Waals surface area contributed by atoms with Gasteiger partial charge in [-0.15, -0.1) is 12.4 Å². The zero-order valence-electron chi connectivity index (χ0n) is 18.3. The predicted octanol–water partition coefficient (Wildman–Crippen LogP) is 6.59. The molecule has 1 aliphatic rings. The van der Waals surface area contributed by atoms with Crippen LogP contribution in [0.1, 0.15) is 95.4 Å². The number of unbranched alkanes of at least 4 members (excludes halogenated alkanes) is 9. The van der Waals surface area contributed by atoms with Gasteiger partial charge in [-0.05, 0) is 43.4 Å². The molecule has 0 atom stereocenters. The summed E-state index contributed by atoms with van der Waals surface area (Å²) >= 11 is 0. The van der Waals surface area contributed by atoms with Crippen LogP contribution in [0, 0.1) is 5.41 Å². The summed E-state index contributed by atoms with van der Waals surface area (Å²) in [7, 11) is 0. The lowest BCUT2D eigenvalue weighted by molar-refractivity contribution is 0.419. The number of aryl methyl sites for hydroxylation is 1. The summed E-state index contributed by atoms with van der Waals surface area (Å²) in [6, 6.07) is 8.39. The lowest BCUT2D eigenvalue weighted by atomic mass is 10.0. The molecular weight excluding hydrogens is 396 g/mol. The zero-order valence-corrected chi connectivity index (χ0v) is 19.1. The number of aromatic nitrogens is 2. The van der Waals surface area contributed by atoms with E-state index >= 15 is 0 Å². The molecule has 1 aromatic heterocycles. The molecule has 1 heterocycles. The van der Waals surface area contributed by atoms with Gasteiger partial charge in [-0.3, -0.25) is 5.41 Å². The standard InChI is InChI=1S/C24H36N4O.ClH/c1-2-3-4-5-6-7-8-9-10-11-13-19-14-12-15-20(18-19)21-27-23(28-29-21)24(16-17-24)22(25)26;/h12,14-15,18H,2-11,13,16-17H2,1H3,(H3,25,26);1H. The zero-order chi connectivity index (χ0) is 20.5. The summed E-state index contributed by atoms with van der Waals surface area (Å²) in [5.41, 5.74) is 7.51. The third kappa shape index (κ3) is 6.56. The minimum absolute atomic E-state index is 0.